The molecule has 1 atom stereocenters. The van der Waals surface area contributed by atoms with E-state index >= 15 is 0 Å². The molecule has 0 saturated heterocycles. The van der Waals surface area contributed by atoms with Crippen LogP contribution in [0.4, 0.5) is 4.39 Å². The summed E-state index contributed by atoms with van der Waals surface area (Å²) in [5.41, 5.74) is 0.597. The largest absolute Gasteiger partial charge is 0.422 e. The van der Waals surface area contributed by atoms with E-state index in [2.05, 4.69) is 0 Å². The minimum Gasteiger partial charge on any atom is -0.422 e. The molecule has 0 spiro atoms. The van der Waals surface area contributed by atoms with Crippen LogP contribution in [0.2, 0.25) is 0 Å². The average Bonchev–Trinajstić information content (AvgIpc) is 2.66. The lowest BCUT2D eigenvalue weighted by molar-refractivity contribution is 0.0667. The molecule has 0 radical (unpaired) electrons. The summed E-state index contributed by atoms with van der Waals surface area (Å²) in [5.74, 6) is -0.714. The molecule has 0 aliphatic rings. The van der Waals surface area contributed by atoms with Crippen LogP contribution in [0.5, 0.6) is 0 Å². The summed E-state index contributed by atoms with van der Waals surface area (Å²) in [5, 5.41) is 0.696. The van der Waals surface area contributed by atoms with Gasteiger partial charge in [-0.05, 0) is 43.2 Å². The zero-order valence-corrected chi connectivity index (χ0v) is 14.7. The van der Waals surface area contributed by atoms with Crippen molar-refractivity contribution in [2.75, 3.05) is 0 Å². The normalized spacial score (nSPS) is 12.1. The molecule has 1 amide bonds. The number of carbonyl (C=O) groups excluding carboxylic acids is 1. The Bertz CT molecular complexity index is 978. The second-order valence-electron chi connectivity index (χ2n) is 6.30. The Morgan fingerprint density at radius 3 is 2.54 bits per heavy atom. The zero-order chi connectivity index (χ0) is 18.7. The first kappa shape index (κ1) is 17.9. The van der Waals surface area contributed by atoms with Crippen molar-refractivity contribution in [1.82, 2.24) is 4.90 Å². The number of hydrogen-bond acceptors (Lipinski definition) is 3. The number of amides is 1. The van der Waals surface area contributed by atoms with Gasteiger partial charge in [0.25, 0.3) is 5.91 Å². The standard InChI is InChI=1S/C21H20FNO3/c1-3-14(2)23(13-15-8-10-17(22)11-9-15)20(24)18-12-16-6-4-5-7-19(16)26-21(18)25/h4-12,14H,3,13H2,1-2H3/t14-/m0/s1. The second-order valence-corrected chi connectivity index (χ2v) is 6.30. The van der Waals surface area contributed by atoms with Crippen molar-refractivity contribution >= 4 is 16.9 Å². The molecule has 26 heavy (non-hydrogen) atoms. The van der Waals surface area contributed by atoms with Crippen molar-refractivity contribution < 1.29 is 13.6 Å². The molecule has 0 N–H and O–H groups in total. The molecule has 3 aromatic rings. The first-order chi connectivity index (χ1) is 12.5. The summed E-state index contributed by atoms with van der Waals surface area (Å²) in [4.78, 5) is 27.0. The number of fused-ring (bicyclic) bond motifs is 1. The fourth-order valence-corrected chi connectivity index (χ4v) is 2.80. The maximum absolute atomic E-state index is 13.1. The SMILES string of the molecule is CC[C@H](C)N(Cc1ccc(F)cc1)C(=O)c1cc2ccccc2oc1=O. The average molecular weight is 353 g/mol. The lowest BCUT2D eigenvalue weighted by Crippen LogP contribution is -2.39. The van der Waals surface area contributed by atoms with E-state index in [1.165, 1.54) is 12.1 Å². The first-order valence-electron chi connectivity index (χ1n) is 8.58. The van der Waals surface area contributed by atoms with Crippen LogP contribution in [0.15, 0.2) is 63.8 Å². The lowest BCUT2D eigenvalue weighted by atomic mass is 10.1. The van der Waals surface area contributed by atoms with Gasteiger partial charge in [0.15, 0.2) is 0 Å². The summed E-state index contributed by atoms with van der Waals surface area (Å²) in [7, 11) is 0. The van der Waals surface area contributed by atoms with E-state index < -0.39 is 5.63 Å². The lowest BCUT2D eigenvalue weighted by Gasteiger charge is -2.28. The smallest absolute Gasteiger partial charge is 0.349 e. The van der Waals surface area contributed by atoms with Crippen LogP contribution >= 0.6 is 0 Å². The van der Waals surface area contributed by atoms with E-state index in [-0.39, 0.29) is 23.3 Å². The van der Waals surface area contributed by atoms with Gasteiger partial charge in [0.2, 0.25) is 0 Å². The molecule has 5 heteroatoms. The van der Waals surface area contributed by atoms with Crippen molar-refractivity contribution in [2.45, 2.75) is 32.9 Å². The van der Waals surface area contributed by atoms with Gasteiger partial charge in [0.05, 0.1) is 0 Å². The first-order valence-corrected chi connectivity index (χ1v) is 8.58. The predicted octanol–water partition coefficient (Wildman–Crippen LogP) is 4.37. The molecular formula is C21H20FNO3. The maximum Gasteiger partial charge on any atom is 0.349 e. The molecule has 2 aromatic carbocycles. The molecule has 0 unspecified atom stereocenters. The van der Waals surface area contributed by atoms with Crippen molar-refractivity contribution in [3.63, 3.8) is 0 Å². The summed E-state index contributed by atoms with van der Waals surface area (Å²) in [6.07, 6.45) is 0.728. The van der Waals surface area contributed by atoms with Gasteiger partial charge in [0, 0.05) is 18.0 Å². The fraction of sp³-hybridized carbons (Fsp3) is 0.238. The predicted molar refractivity (Wildman–Crippen MR) is 98.5 cm³/mol. The molecule has 1 aromatic heterocycles. The number of benzene rings is 2. The van der Waals surface area contributed by atoms with Crippen molar-refractivity contribution in [3.05, 3.63) is 82.0 Å². The highest BCUT2D eigenvalue weighted by atomic mass is 19.1. The van der Waals surface area contributed by atoms with E-state index in [4.69, 9.17) is 4.42 Å². The van der Waals surface area contributed by atoms with Gasteiger partial charge in [-0.2, -0.15) is 0 Å². The van der Waals surface area contributed by atoms with Gasteiger partial charge in [-0.25, -0.2) is 9.18 Å². The molecule has 4 nitrogen and oxygen atoms in total. The summed E-state index contributed by atoms with van der Waals surface area (Å²) in [6, 6.07) is 14.6. The van der Waals surface area contributed by atoms with Gasteiger partial charge in [0.1, 0.15) is 17.0 Å². The molecule has 134 valence electrons. The van der Waals surface area contributed by atoms with Crippen LogP contribution in [-0.2, 0) is 6.54 Å². The number of nitrogens with zero attached hydrogens (tertiary/aromatic N) is 1. The van der Waals surface area contributed by atoms with Crippen molar-refractivity contribution in [3.8, 4) is 0 Å². The fourth-order valence-electron chi connectivity index (χ4n) is 2.80. The molecule has 0 aliphatic carbocycles. The summed E-state index contributed by atoms with van der Waals surface area (Å²) >= 11 is 0. The van der Waals surface area contributed by atoms with Gasteiger partial charge in [-0.1, -0.05) is 37.3 Å². The minimum atomic E-state index is -0.652. The molecule has 0 saturated carbocycles. The van der Waals surface area contributed by atoms with Crippen molar-refractivity contribution in [2.24, 2.45) is 0 Å². The highest BCUT2D eigenvalue weighted by molar-refractivity contribution is 5.96. The number of halogens is 1. The molecule has 1 heterocycles. The Morgan fingerprint density at radius 2 is 1.85 bits per heavy atom. The van der Waals surface area contributed by atoms with Crippen LogP contribution in [0.25, 0.3) is 11.0 Å². The number of carbonyl (C=O) groups is 1. The Hall–Kier alpha value is -2.95. The monoisotopic (exact) mass is 353 g/mol. The number of hydrogen-bond donors (Lipinski definition) is 0. The van der Waals surface area contributed by atoms with E-state index in [1.807, 2.05) is 19.9 Å². The highest BCUT2D eigenvalue weighted by Gasteiger charge is 2.24. The zero-order valence-electron chi connectivity index (χ0n) is 14.7. The van der Waals surface area contributed by atoms with Gasteiger partial charge in [-0.15, -0.1) is 0 Å². The minimum absolute atomic E-state index is 0.00566. The Morgan fingerprint density at radius 1 is 1.15 bits per heavy atom. The molecule has 0 bridgehead atoms. The van der Waals surface area contributed by atoms with Gasteiger partial charge < -0.3 is 9.32 Å². The van der Waals surface area contributed by atoms with Crippen molar-refractivity contribution in [1.29, 1.82) is 0 Å². The Balaban J connectivity index is 1.98. The molecular weight excluding hydrogens is 333 g/mol. The van der Waals surface area contributed by atoms with E-state index in [0.717, 1.165) is 12.0 Å². The van der Waals surface area contributed by atoms with Gasteiger partial charge in [-0.3, -0.25) is 4.79 Å². The molecule has 0 aliphatic heterocycles. The van der Waals surface area contributed by atoms with Crippen LogP contribution < -0.4 is 5.63 Å². The Kier molecular flexibility index (Phi) is 5.16. The summed E-state index contributed by atoms with van der Waals surface area (Å²) < 4.78 is 18.4. The van der Waals surface area contributed by atoms with E-state index in [0.29, 0.717) is 17.5 Å². The third-order valence-corrected chi connectivity index (χ3v) is 4.52. The topological polar surface area (TPSA) is 50.5 Å². The number of rotatable bonds is 5. The van der Waals surface area contributed by atoms with Crippen LogP contribution in [0, 0.1) is 5.82 Å². The third kappa shape index (κ3) is 3.67. The second kappa shape index (κ2) is 7.52. The quantitative estimate of drug-likeness (QED) is 0.640. The highest BCUT2D eigenvalue weighted by Crippen LogP contribution is 2.18. The third-order valence-electron chi connectivity index (χ3n) is 4.52. The Labute approximate surface area is 150 Å². The van der Waals surface area contributed by atoms with E-state index in [1.54, 1.807) is 41.3 Å². The van der Waals surface area contributed by atoms with Gasteiger partial charge >= 0.3 is 5.63 Å². The van der Waals surface area contributed by atoms with E-state index in [9.17, 15) is 14.0 Å². The van der Waals surface area contributed by atoms with Crippen LogP contribution in [0.3, 0.4) is 0 Å². The molecule has 0 fully saturated rings. The summed E-state index contributed by atoms with van der Waals surface area (Å²) in [6.45, 7) is 4.18. The maximum atomic E-state index is 13.1. The van der Waals surface area contributed by atoms with Crippen LogP contribution in [0.1, 0.15) is 36.2 Å². The number of para-hydroxylation sites is 1. The molecule has 3 rings (SSSR count). The van der Waals surface area contributed by atoms with Crippen LogP contribution in [-0.4, -0.2) is 16.8 Å².